The van der Waals surface area contributed by atoms with E-state index in [1.54, 1.807) is 0 Å². The van der Waals surface area contributed by atoms with Crippen LogP contribution >= 0.6 is 23.1 Å². The van der Waals surface area contributed by atoms with Crippen LogP contribution in [0.15, 0.2) is 22.5 Å². The summed E-state index contributed by atoms with van der Waals surface area (Å²) in [5.41, 5.74) is 3.66. The number of thioether (sulfide) groups is 1. The van der Waals surface area contributed by atoms with E-state index in [2.05, 4.69) is 33.0 Å². The summed E-state index contributed by atoms with van der Waals surface area (Å²) in [6.07, 6.45) is 3.48. The molecule has 1 atom stereocenters. The highest BCUT2D eigenvalue weighted by Gasteiger charge is 2.18. The van der Waals surface area contributed by atoms with Crippen LogP contribution in [0.5, 0.6) is 0 Å². The fraction of sp³-hybridized carbons (Fsp3) is 0.438. The van der Waals surface area contributed by atoms with Crippen molar-refractivity contribution >= 4 is 39.8 Å². The fourth-order valence-corrected chi connectivity index (χ4v) is 4.54. The summed E-state index contributed by atoms with van der Waals surface area (Å²) >= 11 is 2.91. The molecule has 0 saturated carbocycles. The molecule has 5 nitrogen and oxygen atoms in total. The zero-order valence-corrected chi connectivity index (χ0v) is 14.9. The molecule has 2 aromatic rings. The van der Waals surface area contributed by atoms with Crippen LogP contribution in [0.2, 0.25) is 0 Å². The Morgan fingerprint density at radius 2 is 2.17 bits per heavy atom. The van der Waals surface area contributed by atoms with Crippen molar-refractivity contribution in [1.29, 1.82) is 0 Å². The van der Waals surface area contributed by atoms with Gasteiger partial charge in [0.1, 0.15) is 0 Å². The smallest absolute Gasteiger partial charge is 0.237 e. The molecule has 0 aliphatic heterocycles. The number of rotatable bonds is 6. The van der Waals surface area contributed by atoms with E-state index in [1.165, 1.54) is 40.6 Å². The number of carbonyl (C=O) groups excluding carboxylic acids is 1. The van der Waals surface area contributed by atoms with Gasteiger partial charge in [0.15, 0.2) is 4.34 Å². The highest BCUT2D eigenvalue weighted by atomic mass is 32.2. The van der Waals surface area contributed by atoms with Gasteiger partial charge >= 0.3 is 0 Å². The first-order valence-corrected chi connectivity index (χ1v) is 9.52. The van der Waals surface area contributed by atoms with Crippen molar-refractivity contribution in [3.8, 4) is 0 Å². The largest absolute Gasteiger partial charge is 0.360 e. The average molecular weight is 348 g/mol. The van der Waals surface area contributed by atoms with Crippen molar-refractivity contribution in [2.75, 3.05) is 17.2 Å². The Morgan fingerprint density at radius 3 is 3.00 bits per heavy atom. The second-order valence-corrected chi connectivity index (χ2v) is 8.06. The highest BCUT2D eigenvalue weighted by molar-refractivity contribution is 8.02. The number of amides is 1. The number of fused-ring (bicyclic) bond motifs is 1. The Kier molecular flexibility index (Phi) is 5.17. The lowest BCUT2D eigenvalue weighted by atomic mass is 10.1. The predicted octanol–water partition coefficient (Wildman–Crippen LogP) is 3.58. The van der Waals surface area contributed by atoms with Crippen molar-refractivity contribution in [3.05, 3.63) is 29.3 Å². The van der Waals surface area contributed by atoms with Crippen LogP contribution in [0.25, 0.3) is 0 Å². The molecular weight excluding hydrogens is 328 g/mol. The number of aromatic nitrogens is 2. The Labute approximate surface area is 144 Å². The number of carbonyl (C=O) groups is 1. The summed E-state index contributed by atoms with van der Waals surface area (Å²) in [6, 6.07) is 6.22. The standard InChI is InChI=1S/C16H20N4OS2/c1-3-17-15-19-20-16(23-15)22-10(2)14(21)18-13-8-7-11-5-4-6-12(11)9-13/h7-10H,3-6H2,1-2H3,(H,17,19)(H,18,21)/t10-/m1/s1. The maximum Gasteiger partial charge on any atom is 0.237 e. The molecule has 1 amide bonds. The molecule has 1 aromatic heterocycles. The third-order valence-electron chi connectivity index (χ3n) is 3.75. The molecule has 7 heteroatoms. The van der Waals surface area contributed by atoms with Gasteiger partial charge < -0.3 is 10.6 Å². The summed E-state index contributed by atoms with van der Waals surface area (Å²) in [5, 5.41) is 14.9. The number of hydrogen-bond donors (Lipinski definition) is 2. The zero-order chi connectivity index (χ0) is 16.2. The van der Waals surface area contributed by atoms with Crippen molar-refractivity contribution < 1.29 is 4.79 Å². The van der Waals surface area contributed by atoms with E-state index in [4.69, 9.17) is 0 Å². The fourth-order valence-electron chi connectivity index (χ4n) is 2.58. The first-order chi connectivity index (χ1) is 11.2. The second-order valence-electron chi connectivity index (χ2n) is 5.49. The number of nitrogens with one attached hydrogen (secondary N) is 2. The van der Waals surface area contributed by atoms with Crippen LogP contribution in [-0.2, 0) is 17.6 Å². The normalized spacial score (nSPS) is 14.3. The van der Waals surface area contributed by atoms with Gasteiger partial charge in [-0.2, -0.15) is 0 Å². The quantitative estimate of drug-likeness (QED) is 0.781. The van der Waals surface area contributed by atoms with E-state index in [-0.39, 0.29) is 11.2 Å². The highest BCUT2D eigenvalue weighted by Crippen LogP contribution is 2.30. The number of hydrogen-bond acceptors (Lipinski definition) is 6. The SMILES string of the molecule is CCNc1nnc(S[C@H](C)C(=O)Nc2ccc3c(c2)CCC3)s1. The molecule has 0 spiro atoms. The number of benzene rings is 1. The van der Waals surface area contributed by atoms with Gasteiger partial charge in [-0.3, -0.25) is 4.79 Å². The van der Waals surface area contributed by atoms with Crippen LogP contribution in [-0.4, -0.2) is 27.9 Å². The molecule has 3 rings (SSSR count). The molecule has 23 heavy (non-hydrogen) atoms. The summed E-state index contributed by atoms with van der Waals surface area (Å²) in [7, 11) is 0. The van der Waals surface area contributed by atoms with E-state index < -0.39 is 0 Å². The lowest BCUT2D eigenvalue weighted by Crippen LogP contribution is -2.22. The first kappa shape index (κ1) is 16.3. The molecule has 122 valence electrons. The maximum atomic E-state index is 12.4. The van der Waals surface area contributed by atoms with Crippen molar-refractivity contribution in [2.24, 2.45) is 0 Å². The van der Waals surface area contributed by atoms with E-state index in [0.29, 0.717) is 0 Å². The minimum absolute atomic E-state index is 0.00634. The van der Waals surface area contributed by atoms with Gasteiger partial charge in [-0.05, 0) is 56.4 Å². The third-order valence-corrected chi connectivity index (χ3v) is 5.81. The van der Waals surface area contributed by atoms with Gasteiger partial charge in [-0.15, -0.1) is 10.2 Å². The van der Waals surface area contributed by atoms with Gasteiger partial charge in [0.25, 0.3) is 0 Å². The minimum Gasteiger partial charge on any atom is -0.360 e. The van der Waals surface area contributed by atoms with Gasteiger partial charge in [-0.25, -0.2) is 0 Å². The molecule has 1 aliphatic rings. The van der Waals surface area contributed by atoms with E-state index in [1.807, 2.05) is 19.9 Å². The van der Waals surface area contributed by atoms with Crippen LogP contribution < -0.4 is 10.6 Å². The van der Waals surface area contributed by atoms with E-state index in [0.717, 1.165) is 34.5 Å². The molecule has 2 N–H and O–H groups in total. The maximum absolute atomic E-state index is 12.4. The Hall–Kier alpha value is -1.60. The Balaban J connectivity index is 1.58. The zero-order valence-electron chi connectivity index (χ0n) is 13.3. The van der Waals surface area contributed by atoms with Gasteiger partial charge in [0.2, 0.25) is 11.0 Å². The van der Waals surface area contributed by atoms with Crippen LogP contribution in [0.3, 0.4) is 0 Å². The molecule has 0 radical (unpaired) electrons. The lowest BCUT2D eigenvalue weighted by Gasteiger charge is -2.11. The lowest BCUT2D eigenvalue weighted by molar-refractivity contribution is -0.115. The number of nitrogens with zero attached hydrogens (tertiary/aromatic N) is 2. The first-order valence-electron chi connectivity index (χ1n) is 7.82. The molecule has 1 heterocycles. The second kappa shape index (κ2) is 7.31. The van der Waals surface area contributed by atoms with Crippen molar-refractivity contribution in [3.63, 3.8) is 0 Å². The molecule has 0 bridgehead atoms. The molecule has 0 saturated heterocycles. The van der Waals surface area contributed by atoms with Gasteiger partial charge in [0.05, 0.1) is 5.25 Å². The molecule has 0 unspecified atom stereocenters. The van der Waals surface area contributed by atoms with Crippen molar-refractivity contribution in [2.45, 2.75) is 42.7 Å². The predicted molar refractivity (Wildman–Crippen MR) is 96.5 cm³/mol. The van der Waals surface area contributed by atoms with Crippen LogP contribution in [0.1, 0.15) is 31.4 Å². The topological polar surface area (TPSA) is 66.9 Å². The van der Waals surface area contributed by atoms with Crippen LogP contribution in [0.4, 0.5) is 10.8 Å². The summed E-state index contributed by atoms with van der Waals surface area (Å²) < 4.78 is 0.803. The van der Waals surface area contributed by atoms with E-state index in [9.17, 15) is 4.79 Å². The minimum atomic E-state index is -0.217. The summed E-state index contributed by atoms with van der Waals surface area (Å²) in [6.45, 7) is 4.72. The number of anilines is 2. The van der Waals surface area contributed by atoms with Crippen molar-refractivity contribution in [1.82, 2.24) is 10.2 Å². The summed E-state index contributed by atoms with van der Waals surface area (Å²) in [5.74, 6) is -0.00634. The molecular formula is C16H20N4OS2. The average Bonchev–Trinajstić information content (AvgIpc) is 3.16. The Morgan fingerprint density at radius 1 is 1.35 bits per heavy atom. The number of aryl methyl sites for hydroxylation is 2. The Bertz CT molecular complexity index is 701. The van der Waals surface area contributed by atoms with Gasteiger partial charge in [-0.1, -0.05) is 29.2 Å². The molecule has 1 aliphatic carbocycles. The third kappa shape index (κ3) is 4.03. The molecule has 0 fully saturated rings. The van der Waals surface area contributed by atoms with Crippen LogP contribution in [0, 0.1) is 0 Å². The monoisotopic (exact) mass is 348 g/mol. The molecule has 1 aromatic carbocycles. The van der Waals surface area contributed by atoms with Gasteiger partial charge in [0, 0.05) is 12.2 Å². The summed E-state index contributed by atoms with van der Waals surface area (Å²) in [4.78, 5) is 12.4. The van der Waals surface area contributed by atoms with E-state index >= 15 is 0 Å².